The molecule has 0 N–H and O–H groups in total. The van der Waals surface area contributed by atoms with Gasteiger partial charge in [0.2, 0.25) is 5.76 Å². The predicted octanol–water partition coefficient (Wildman–Crippen LogP) is 1.11. The SMILES string of the molecule is O=C(Cl)C1=CC=COO1. The van der Waals surface area contributed by atoms with Crippen LogP contribution in [-0.4, -0.2) is 5.24 Å². The lowest BCUT2D eigenvalue weighted by molar-refractivity contribution is -0.213. The van der Waals surface area contributed by atoms with Gasteiger partial charge in [0.25, 0.3) is 5.24 Å². The summed E-state index contributed by atoms with van der Waals surface area (Å²) in [5.74, 6) is -0.000772. The molecule has 0 bridgehead atoms. The van der Waals surface area contributed by atoms with Gasteiger partial charge in [-0.05, 0) is 23.8 Å². The van der Waals surface area contributed by atoms with Crippen molar-refractivity contribution in [2.45, 2.75) is 0 Å². The maximum absolute atomic E-state index is 10.3. The topological polar surface area (TPSA) is 35.5 Å². The molecule has 4 heteroatoms. The summed E-state index contributed by atoms with van der Waals surface area (Å²) >= 11 is 5.01. The molecule has 0 amide bonds. The standard InChI is InChI=1S/C5H3ClO3/c6-5(7)4-2-1-3-8-9-4/h1-3H. The van der Waals surface area contributed by atoms with Crippen LogP contribution in [-0.2, 0) is 14.6 Å². The molecule has 1 heterocycles. The summed E-state index contributed by atoms with van der Waals surface area (Å²) in [5, 5.41) is -0.667. The molecule has 0 atom stereocenters. The number of rotatable bonds is 1. The van der Waals surface area contributed by atoms with Crippen LogP contribution in [0.1, 0.15) is 0 Å². The number of carbonyl (C=O) groups excluding carboxylic acids is 1. The van der Waals surface area contributed by atoms with Gasteiger partial charge in [-0.3, -0.25) is 14.6 Å². The molecule has 0 fully saturated rings. The van der Waals surface area contributed by atoms with E-state index in [1.807, 2.05) is 0 Å². The molecular weight excluding hydrogens is 144 g/mol. The fraction of sp³-hybridized carbons (Fsp3) is 0. The summed E-state index contributed by atoms with van der Waals surface area (Å²) in [4.78, 5) is 18.9. The number of hydrogen-bond acceptors (Lipinski definition) is 3. The first-order valence-electron chi connectivity index (χ1n) is 2.20. The van der Waals surface area contributed by atoms with Crippen molar-refractivity contribution >= 4 is 16.8 Å². The van der Waals surface area contributed by atoms with Crippen LogP contribution in [0, 0.1) is 0 Å². The van der Waals surface area contributed by atoms with Gasteiger partial charge in [0, 0.05) is 0 Å². The molecule has 0 unspecified atom stereocenters. The Morgan fingerprint density at radius 2 is 2.44 bits per heavy atom. The van der Waals surface area contributed by atoms with E-state index in [9.17, 15) is 4.79 Å². The highest BCUT2D eigenvalue weighted by Crippen LogP contribution is 2.07. The third kappa shape index (κ3) is 1.47. The molecule has 0 saturated heterocycles. The van der Waals surface area contributed by atoms with Crippen molar-refractivity contribution in [2.75, 3.05) is 0 Å². The van der Waals surface area contributed by atoms with Gasteiger partial charge in [-0.1, -0.05) is 0 Å². The van der Waals surface area contributed by atoms with Crippen LogP contribution >= 0.6 is 11.6 Å². The predicted molar refractivity (Wildman–Crippen MR) is 30.3 cm³/mol. The first kappa shape index (κ1) is 6.16. The quantitative estimate of drug-likeness (QED) is 0.411. The molecule has 1 rings (SSSR count). The Morgan fingerprint density at radius 1 is 1.67 bits per heavy atom. The van der Waals surface area contributed by atoms with Gasteiger partial charge in [0.1, 0.15) is 6.26 Å². The molecular formula is C5H3ClO3. The van der Waals surface area contributed by atoms with Crippen molar-refractivity contribution < 1.29 is 14.6 Å². The first-order valence-corrected chi connectivity index (χ1v) is 2.58. The Morgan fingerprint density at radius 3 is 2.78 bits per heavy atom. The van der Waals surface area contributed by atoms with E-state index in [2.05, 4.69) is 9.78 Å². The molecule has 0 aromatic carbocycles. The molecule has 1 aliphatic heterocycles. The van der Waals surface area contributed by atoms with E-state index in [0.717, 1.165) is 0 Å². The van der Waals surface area contributed by atoms with E-state index < -0.39 is 5.24 Å². The van der Waals surface area contributed by atoms with E-state index in [0.29, 0.717) is 0 Å². The van der Waals surface area contributed by atoms with Crippen molar-refractivity contribution in [3.05, 3.63) is 24.2 Å². The second kappa shape index (κ2) is 2.55. The van der Waals surface area contributed by atoms with Crippen LogP contribution in [0.25, 0.3) is 0 Å². The summed E-state index contributed by atoms with van der Waals surface area (Å²) in [6.45, 7) is 0. The summed E-state index contributed by atoms with van der Waals surface area (Å²) in [6.07, 6.45) is 4.22. The fourth-order valence-electron chi connectivity index (χ4n) is 0.364. The zero-order valence-electron chi connectivity index (χ0n) is 4.33. The molecule has 3 nitrogen and oxygen atoms in total. The van der Waals surface area contributed by atoms with Crippen molar-refractivity contribution in [1.29, 1.82) is 0 Å². The van der Waals surface area contributed by atoms with E-state index in [-0.39, 0.29) is 5.76 Å². The number of carbonyl (C=O) groups is 1. The van der Waals surface area contributed by atoms with Gasteiger partial charge in [0.05, 0.1) is 0 Å². The van der Waals surface area contributed by atoms with Crippen LogP contribution in [0.4, 0.5) is 0 Å². The molecule has 0 spiro atoms. The Bertz CT molecular complexity index is 183. The molecule has 48 valence electrons. The third-order valence-corrected chi connectivity index (χ3v) is 0.900. The van der Waals surface area contributed by atoms with Crippen molar-refractivity contribution in [2.24, 2.45) is 0 Å². The number of allylic oxidation sites excluding steroid dienone is 3. The number of halogens is 1. The smallest absolute Gasteiger partial charge is 0.292 e. The molecule has 0 aromatic rings. The Balaban J connectivity index is 2.68. The second-order valence-corrected chi connectivity index (χ2v) is 1.66. The highest BCUT2D eigenvalue weighted by Gasteiger charge is 2.09. The lowest BCUT2D eigenvalue weighted by Gasteiger charge is -2.03. The average Bonchev–Trinajstić information content (AvgIpc) is 1.90. The molecule has 1 aliphatic rings. The average molecular weight is 147 g/mol. The molecule has 0 aromatic heterocycles. The van der Waals surface area contributed by atoms with Crippen LogP contribution in [0.3, 0.4) is 0 Å². The minimum Gasteiger partial charge on any atom is -0.298 e. The van der Waals surface area contributed by atoms with Gasteiger partial charge >= 0.3 is 0 Å². The van der Waals surface area contributed by atoms with E-state index in [4.69, 9.17) is 11.6 Å². The largest absolute Gasteiger partial charge is 0.298 e. The zero-order valence-corrected chi connectivity index (χ0v) is 5.09. The van der Waals surface area contributed by atoms with Crippen LogP contribution in [0.15, 0.2) is 24.2 Å². The van der Waals surface area contributed by atoms with Crippen LogP contribution in [0.5, 0.6) is 0 Å². The van der Waals surface area contributed by atoms with E-state index in [1.165, 1.54) is 18.4 Å². The second-order valence-electron chi connectivity index (χ2n) is 1.31. The van der Waals surface area contributed by atoms with Crippen LogP contribution < -0.4 is 0 Å². The minimum absolute atomic E-state index is 0.000772. The van der Waals surface area contributed by atoms with Gasteiger partial charge in [-0.15, -0.1) is 0 Å². The molecule has 9 heavy (non-hydrogen) atoms. The van der Waals surface area contributed by atoms with Crippen molar-refractivity contribution in [3.8, 4) is 0 Å². The highest BCUT2D eigenvalue weighted by molar-refractivity contribution is 6.67. The molecule has 0 saturated carbocycles. The third-order valence-electron chi connectivity index (χ3n) is 0.713. The number of hydrogen-bond donors (Lipinski definition) is 0. The van der Waals surface area contributed by atoms with Crippen molar-refractivity contribution in [1.82, 2.24) is 0 Å². The highest BCUT2D eigenvalue weighted by atomic mass is 35.5. The Labute approximate surface area is 56.4 Å². The molecule has 0 radical (unpaired) electrons. The van der Waals surface area contributed by atoms with Gasteiger partial charge < -0.3 is 0 Å². The summed E-state index contributed by atoms with van der Waals surface area (Å²) < 4.78 is 0. The monoisotopic (exact) mass is 146 g/mol. The zero-order chi connectivity index (χ0) is 6.69. The maximum atomic E-state index is 10.3. The first-order chi connectivity index (χ1) is 4.30. The summed E-state index contributed by atoms with van der Waals surface area (Å²) in [5.41, 5.74) is 0. The van der Waals surface area contributed by atoms with E-state index in [1.54, 1.807) is 0 Å². The van der Waals surface area contributed by atoms with Crippen LogP contribution in [0.2, 0.25) is 0 Å². The molecule has 0 aliphatic carbocycles. The lowest BCUT2D eigenvalue weighted by atomic mass is 10.4. The Hall–Kier alpha value is -0.960. The Kier molecular flexibility index (Phi) is 1.75. The fourth-order valence-corrected chi connectivity index (χ4v) is 0.459. The lowest BCUT2D eigenvalue weighted by Crippen LogP contribution is -2.00. The normalized spacial score (nSPS) is 15.4. The summed E-state index contributed by atoms with van der Waals surface area (Å²) in [6, 6.07) is 0. The van der Waals surface area contributed by atoms with Gasteiger partial charge in [-0.25, -0.2) is 0 Å². The van der Waals surface area contributed by atoms with E-state index >= 15 is 0 Å². The summed E-state index contributed by atoms with van der Waals surface area (Å²) in [7, 11) is 0. The van der Waals surface area contributed by atoms with Gasteiger partial charge in [0.15, 0.2) is 0 Å². The maximum Gasteiger partial charge on any atom is 0.292 e. The van der Waals surface area contributed by atoms with Gasteiger partial charge in [-0.2, -0.15) is 0 Å². The minimum atomic E-state index is -0.667. The van der Waals surface area contributed by atoms with Crippen molar-refractivity contribution in [3.63, 3.8) is 0 Å².